The van der Waals surface area contributed by atoms with Crippen LogP contribution in [0.5, 0.6) is 0 Å². The van der Waals surface area contributed by atoms with Crippen molar-refractivity contribution in [3.63, 3.8) is 0 Å². The number of alkyl carbamates (subject to hydrolysis) is 1. The molecular formula is C44H54N5O10PS. The molecule has 5 aromatic rings. The molecule has 1 aromatic heterocycles. The molecule has 326 valence electrons. The van der Waals surface area contributed by atoms with Crippen LogP contribution < -0.4 is 20.7 Å². The number of carboxylic acids is 1. The van der Waals surface area contributed by atoms with Gasteiger partial charge in [0.05, 0.1) is 11.7 Å². The Morgan fingerprint density at radius 3 is 2.21 bits per heavy atom. The van der Waals surface area contributed by atoms with Crippen LogP contribution in [0.1, 0.15) is 49.8 Å². The number of amides is 3. The van der Waals surface area contributed by atoms with Crippen LogP contribution in [0.4, 0.5) is 4.79 Å². The molecule has 0 aliphatic carbocycles. The third kappa shape index (κ3) is 14.0. The number of ether oxygens (including phenoxy) is 1. The summed E-state index contributed by atoms with van der Waals surface area (Å²) in [6.45, 7) is 3.67. The smallest absolute Gasteiger partial charge is 0.407 e. The Balaban J connectivity index is 1.35. The second-order valence-electron chi connectivity index (χ2n) is 15.4. The van der Waals surface area contributed by atoms with Crippen LogP contribution in [0.3, 0.4) is 0 Å². The van der Waals surface area contributed by atoms with E-state index in [9.17, 15) is 42.5 Å². The first-order valence-electron chi connectivity index (χ1n) is 20.0. The summed E-state index contributed by atoms with van der Waals surface area (Å²) in [7, 11) is -8.32. The van der Waals surface area contributed by atoms with Gasteiger partial charge in [-0.15, -0.1) is 0 Å². The minimum Gasteiger partial charge on any atom is -0.480 e. The van der Waals surface area contributed by atoms with Gasteiger partial charge >= 0.3 is 12.1 Å². The number of para-hydroxylation sites is 1. The molecule has 17 heteroatoms. The zero-order chi connectivity index (χ0) is 44.2. The summed E-state index contributed by atoms with van der Waals surface area (Å²) in [6.07, 6.45) is 1.88. The number of fused-ring (bicyclic) bond motifs is 2. The lowest BCUT2D eigenvalue weighted by Crippen LogP contribution is -2.49. The molecule has 15 nitrogen and oxygen atoms in total. The van der Waals surface area contributed by atoms with E-state index in [2.05, 4.69) is 25.7 Å². The quantitative estimate of drug-likeness (QED) is 0.0361. The van der Waals surface area contributed by atoms with Crippen molar-refractivity contribution in [2.45, 2.75) is 64.6 Å². The Hall–Kier alpha value is -5.51. The largest absolute Gasteiger partial charge is 0.480 e. The van der Waals surface area contributed by atoms with Gasteiger partial charge in [-0.2, -0.15) is 0 Å². The fourth-order valence-corrected chi connectivity index (χ4v) is 9.78. The van der Waals surface area contributed by atoms with Gasteiger partial charge in [-0.25, -0.2) is 22.7 Å². The maximum atomic E-state index is 14.0. The summed E-state index contributed by atoms with van der Waals surface area (Å²) in [5.41, 5.74) is 2.71. The lowest BCUT2D eigenvalue weighted by atomic mass is 9.96. The van der Waals surface area contributed by atoms with Crippen molar-refractivity contribution >= 4 is 68.3 Å². The van der Waals surface area contributed by atoms with E-state index in [1.54, 1.807) is 26.1 Å². The van der Waals surface area contributed by atoms with E-state index in [0.29, 0.717) is 17.5 Å². The number of aromatic nitrogens is 1. The number of H-pyrrole nitrogens is 1. The van der Waals surface area contributed by atoms with Gasteiger partial charge in [0.1, 0.15) is 26.0 Å². The second-order valence-corrected chi connectivity index (χ2v) is 19.6. The van der Waals surface area contributed by atoms with Gasteiger partial charge in [-0.3, -0.25) is 9.59 Å². The number of unbranched alkanes of at least 4 members (excludes halogenated alkanes) is 1. The summed E-state index contributed by atoms with van der Waals surface area (Å²) in [6, 6.07) is 26.8. The lowest BCUT2D eigenvalue weighted by molar-refractivity contribution is -0.142. The molecule has 4 aromatic carbocycles. The Labute approximate surface area is 355 Å². The number of aromatic amines is 1. The van der Waals surface area contributed by atoms with E-state index in [1.165, 1.54) is 0 Å². The van der Waals surface area contributed by atoms with Crippen molar-refractivity contribution in [2.75, 3.05) is 19.0 Å². The highest BCUT2D eigenvalue weighted by molar-refractivity contribution is 7.88. The third-order valence-electron chi connectivity index (χ3n) is 10.3. The molecule has 1 unspecified atom stereocenters. The van der Waals surface area contributed by atoms with Gasteiger partial charge < -0.3 is 40.6 Å². The molecule has 0 saturated carbocycles. The number of benzene rings is 4. The van der Waals surface area contributed by atoms with Crippen molar-refractivity contribution in [2.24, 2.45) is 11.8 Å². The zero-order valence-electron chi connectivity index (χ0n) is 34.3. The first kappa shape index (κ1) is 46.6. The third-order valence-corrected chi connectivity index (χ3v) is 13.0. The molecule has 0 spiro atoms. The van der Waals surface area contributed by atoms with E-state index in [1.807, 2.05) is 91.0 Å². The SMILES string of the molecule is CC(C)C(CP(O)(O)=C(Cc1ccc2ccccc2c1)NC(=O)[C@H](CCCCNC(=O)OCc1ccccc1)NS(C)(=O)=O)C(=O)N[C@@H](Cc1c[nH]c2ccccc12)C(=O)O. The fourth-order valence-electron chi connectivity index (χ4n) is 6.95. The van der Waals surface area contributed by atoms with E-state index >= 15 is 0 Å². The summed E-state index contributed by atoms with van der Waals surface area (Å²) >= 11 is 0. The normalized spacial score (nSPS) is 13.3. The molecule has 0 bridgehead atoms. The number of rotatable bonds is 21. The lowest BCUT2D eigenvalue weighted by Gasteiger charge is -2.29. The maximum Gasteiger partial charge on any atom is 0.407 e. The molecule has 1 heterocycles. The van der Waals surface area contributed by atoms with Crippen LogP contribution in [-0.2, 0) is 48.6 Å². The van der Waals surface area contributed by atoms with Crippen molar-refractivity contribution in [1.82, 2.24) is 25.7 Å². The number of hydrogen-bond acceptors (Lipinski definition) is 9. The number of sulfonamides is 1. The Morgan fingerprint density at radius 1 is 0.820 bits per heavy atom. The van der Waals surface area contributed by atoms with Crippen LogP contribution in [0.2, 0.25) is 0 Å². The molecule has 0 aliphatic rings. The topological polar surface area (TPSA) is 236 Å². The average Bonchev–Trinajstić information content (AvgIpc) is 3.63. The number of nitrogens with one attached hydrogen (secondary N) is 5. The predicted octanol–water partition coefficient (Wildman–Crippen LogP) is 5.04. The summed E-state index contributed by atoms with van der Waals surface area (Å²) in [5, 5.41) is 20.6. The van der Waals surface area contributed by atoms with Gasteiger partial charge in [0, 0.05) is 48.6 Å². The molecule has 61 heavy (non-hydrogen) atoms. The van der Waals surface area contributed by atoms with Crippen molar-refractivity contribution in [3.8, 4) is 0 Å². The fraction of sp³-hybridized carbons (Fsp3) is 0.341. The van der Waals surface area contributed by atoms with E-state index < -0.39 is 71.3 Å². The van der Waals surface area contributed by atoms with Crippen molar-refractivity contribution in [1.29, 1.82) is 0 Å². The van der Waals surface area contributed by atoms with Crippen LogP contribution in [-0.4, -0.2) is 88.6 Å². The van der Waals surface area contributed by atoms with Gasteiger partial charge in [0.15, 0.2) is 0 Å². The molecule has 8 N–H and O–H groups in total. The highest BCUT2D eigenvalue weighted by Gasteiger charge is 2.34. The van der Waals surface area contributed by atoms with Crippen molar-refractivity contribution in [3.05, 3.63) is 120 Å². The first-order chi connectivity index (χ1) is 29.0. The summed E-state index contributed by atoms with van der Waals surface area (Å²) < 4.78 is 32.5. The molecule has 0 aliphatic heterocycles. The standard InChI is InChI=1S/C44H54N5O10PS/c1-29(2)36(41(50)47-39(43(52)53)25-34-26-46-37-18-10-9-17-35(34)37)28-60(55,56)40(24-31-20-21-32-15-7-8-16-33(32)23-31)48-42(51)38(49-61(3,57)58)19-11-12-22-45-44(54)59-27-30-13-5-4-6-14-30/h4-10,13-18,20-21,23,26,29,36,38-39,46,49,55-56H,11-12,19,22,24-25,27-28H2,1-3H3,(H,45,54)(H,47,50)(H,48,51)(H,52,53)/t36?,38-,39-/m0/s1. The number of carboxylic acid groups (broad SMARTS) is 1. The van der Waals surface area contributed by atoms with Crippen LogP contribution in [0, 0.1) is 11.8 Å². The van der Waals surface area contributed by atoms with E-state index in [4.69, 9.17) is 4.74 Å². The minimum absolute atomic E-state index is 0.00473. The van der Waals surface area contributed by atoms with Crippen molar-refractivity contribution < 1.29 is 47.2 Å². The molecule has 0 saturated heterocycles. The Bertz CT molecular complexity index is 2490. The first-order valence-corrected chi connectivity index (χ1v) is 23.7. The molecule has 5 rings (SSSR count). The van der Waals surface area contributed by atoms with Gasteiger partial charge in [0.2, 0.25) is 21.8 Å². The van der Waals surface area contributed by atoms with Gasteiger partial charge in [-0.05, 0) is 58.7 Å². The van der Waals surface area contributed by atoms with Crippen LogP contribution >= 0.6 is 7.34 Å². The molecule has 0 fully saturated rings. The average molecular weight is 876 g/mol. The van der Waals surface area contributed by atoms with Gasteiger partial charge in [0.25, 0.3) is 0 Å². The number of hydrogen-bond donors (Lipinski definition) is 8. The summed E-state index contributed by atoms with van der Waals surface area (Å²) in [4.78, 5) is 79.6. The maximum absolute atomic E-state index is 14.0. The molecular weight excluding hydrogens is 822 g/mol. The zero-order valence-corrected chi connectivity index (χ0v) is 36.0. The predicted molar refractivity (Wildman–Crippen MR) is 237 cm³/mol. The summed E-state index contributed by atoms with van der Waals surface area (Å²) in [5.74, 6) is -4.43. The molecule has 3 amide bonds. The Kier molecular flexibility index (Phi) is 16.3. The van der Waals surface area contributed by atoms with E-state index in [-0.39, 0.29) is 44.3 Å². The van der Waals surface area contributed by atoms with Gasteiger partial charge in [-0.1, -0.05) is 105 Å². The van der Waals surface area contributed by atoms with Crippen LogP contribution in [0.25, 0.3) is 21.7 Å². The highest BCUT2D eigenvalue weighted by Crippen LogP contribution is 2.43. The highest BCUT2D eigenvalue weighted by atomic mass is 32.2. The molecule has 0 radical (unpaired) electrons. The number of aliphatic carboxylic acids is 1. The van der Waals surface area contributed by atoms with E-state index in [0.717, 1.165) is 33.5 Å². The Morgan fingerprint density at radius 2 is 1.51 bits per heavy atom. The monoisotopic (exact) mass is 875 g/mol. The number of carbonyl (C=O) groups excluding carboxylic acids is 3. The minimum atomic E-state index is -4.39. The van der Waals surface area contributed by atoms with Crippen LogP contribution in [0.15, 0.2) is 103 Å². The number of carbonyl (C=O) groups is 4. The second kappa shape index (κ2) is 21.3. The molecule has 3 atom stereocenters.